The number of Topliss-reactive ketones (excluding diaryl/α,β-unsaturated/α-hetero) is 1. The van der Waals surface area contributed by atoms with Crippen LogP contribution in [0.15, 0.2) is 102 Å². The first kappa shape index (κ1) is 43.4. The predicted octanol–water partition coefficient (Wildman–Crippen LogP) is 4.76. The van der Waals surface area contributed by atoms with Crippen LogP contribution in [0.3, 0.4) is 0 Å². The maximum Gasteiger partial charge on any atom is 0.338 e. The largest absolute Gasteiger partial charge is 0.458 e. The second kappa shape index (κ2) is 16.3. The van der Waals surface area contributed by atoms with Crippen molar-refractivity contribution in [2.45, 2.75) is 109 Å². The van der Waals surface area contributed by atoms with Crippen LogP contribution in [0.2, 0.25) is 0 Å². The van der Waals surface area contributed by atoms with E-state index in [9.17, 15) is 34.2 Å². The highest BCUT2D eigenvalue weighted by molar-refractivity contribution is 5.96. The van der Waals surface area contributed by atoms with Gasteiger partial charge in [-0.2, -0.15) is 0 Å². The lowest BCUT2D eigenvalue weighted by molar-refractivity contribution is -0.346. The fraction of sp³-hybridized carbons (Fsp3) is 0.447. The SMILES string of the molecule is CC(=O)O[C@H]1C(=O)[C@@]2(C)C([C@H](OC(=O)c3ccccc3)[C@]3(O)C[C@H](OC(=O)C[C@@H](NC(=O)c4ccccc4)c4ccccc4)C(C)=C1C3(C)C)[C@]1(OC(C)=O)CO[C@@H]1C[C@@H]2O. The number of aliphatic hydroxyl groups excluding tert-OH is 1. The molecule has 2 saturated carbocycles. The Hall–Kier alpha value is -5.70. The van der Waals surface area contributed by atoms with Gasteiger partial charge in [0.25, 0.3) is 5.91 Å². The maximum absolute atomic E-state index is 15.5. The molecule has 3 fully saturated rings. The third kappa shape index (κ3) is 7.44. The lowest BCUT2D eigenvalue weighted by Crippen LogP contribution is -2.82. The lowest BCUT2D eigenvalue weighted by Gasteiger charge is -2.67. The Balaban J connectivity index is 1.37. The molecule has 1 aliphatic heterocycles. The minimum absolute atomic E-state index is 0.0809. The van der Waals surface area contributed by atoms with Gasteiger partial charge in [-0.3, -0.25) is 24.0 Å². The summed E-state index contributed by atoms with van der Waals surface area (Å²) in [4.78, 5) is 83.3. The summed E-state index contributed by atoms with van der Waals surface area (Å²) >= 11 is 0. The van der Waals surface area contributed by atoms with E-state index >= 15 is 4.79 Å². The Labute approximate surface area is 353 Å². The Bertz CT molecular complexity index is 2240. The Kier molecular flexibility index (Phi) is 11.6. The highest BCUT2D eigenvalue weighted by Gasteiger charge is 2.78. The Morgan fingerprint density at radius 1 is 0.836 bits per heavy atom. The van der Waals surface area contributed by atoms with E-state index in [1.807, 2.05) is 0 Å². The fourth-order valence-corrected chi connectivity index (χ4v) is 10.2. The summed E-state index contributed by atoms with van der Waals surface area (Å²) in [6.45, 7) is 8.27. The molecule has 7 rings (SSSR count). The van der Waals surface area contributed by atoms with Crippen molar-refractivity contribution in [3.05, 3.63) is 119 Å². The van der Waals surface area contributed by atoms with Gasteiger partial charge in [0, 0.05) is 37.7 Å². The molecule has 3 aliphatic carbocycles. The molecule has 322 valence electrons. The topological polar surface area (TPSA) is 201 Å². The molecule has 3 aromatic rings. The van der Waals surface area contributed by atoms with Gasteiger partial charge in [0.05, 0.1) is 42.1 Å². The highest BCUT2D eigenvalue weighted by Crippen LogP contribution is 2.64. The minimum atomic E-state index is -2.30. The van der Waals surface area contributed by atoms with Crippen LogP contribution in [-0.2, 0) is 42.9 Å². The summed E-state index contributed by atoms with van der Waals surface area (Å²) in [6, 6.07) is 24.4. The van der Waals surface area contributed by atoms with Gasteiger partial charge in [0.15, 0.2) is 17.5 Å². The second-order valence-electron chi connectivity index (χ2n) is 17.2. The van der Waals surface area contributed by atoms with Crippen LogP contribution in [0.1, 0.15) is 93.1 Å². The lowest BCUT2D eigenvalue weighted by atomic mass is 9.44. The minimum Gasteiger partial charge on any atom is -0.458 e. The molecule has 10 atom stereocenters. The summed E-state index contributed by atoms with van der Waals surface area (Å²) in [5, 5.41) is 28.6. The standard InChI is InChI=1S/C47H51NO13/c1-26-33(59-36(52)22-32(29-16-10-7-11-17-29)48-42(54)30-18-12-8-13-19-30)24-47(56)41(60-43(55)31-20-14-9-15-21-31)39-45(6,34(51)23-35-46(39,25-57-35)61-28(3)50)40(53)38(58-27(2)49)37(26)44(47,4)5/h7-21,32-35,38-39,41,51,56H,22-25H2,1-6H3,(H,48,54)/t32-,33+,34+,35-,38-,39?,41+,45-,46+,47-/m1/s1. The zero-order chi connectivity index (χ0) is 44.1. The van der Waals surface area contributed by atoms with E-state index in [1.165, 1.54) is 26.0 Å². The molecule has 0 aromatic heterocycles. The number of carbonyl (C=O) groups excluding carboxylic acids is 6. The molecule has 1 heterocycles. The quantitative estimate of drug-likeness (QED) is 0.144. The average molecular weight is 838 g/mol. The first-order chi connectivity index (χ1) is 28.8. The number of nitrogens with one attached hydrogen (secondary N) is 1. The average Bonchev–Trinajstić information content (AvgIpc) is 3.22. The summed E-state index contributed by atoms with van der Waals surface area (Å²) in [6.07, 6.45) is -8.30. The number of ketones is 1. The number of rotatable bonds is 10. The number of aliphatic hydroxyl groups is 2. The van der Waals surface area contributed by atoms with Crippen molar-refractivity contribution in [3.63, 3.8) is 0 Å². The zero-order valence-electron chi connectivity index (χ0n) is 34.9. The van der Waals surface area contributed by atoms with Crippen molar-refractivity contribution in [1.82, 2.24) is 5.32 Å². The van der Waals surface area contributed by atoms with E-state index in [2.05, 4.69) is 5.32 Å². The number of amides is 1. The molecular weight excluding hydrogens is 787 g/mol. The molecule has 2 bridgehead atoms. The molecule has 0 radical (unpaired) electrons. The van der Waals surface area contributed by atoms with Crippen LogP contribution in [0.4, 0.5) is 0 Å². The van der Waals surface area contributed by atoms with E-state index in [-0.39, 0.29) is 36.2 Å². The molecule has 4 aliphatic rings. The molecule has 3 aromatic carbocycles. The van der Waals surface area contributed by atoms with Crippen molar-refractivity contribution in [3.8, 4) is 0 Å². The summed E-state index contributed by atoms with van der Waals surface area (Å²) in [5.74, 6) is -6.02. The smallest absolute Gasteiger partial charge is 0.338 e. The van der Waals surface area contributed by atoms with Crippen molar-refractivity contribution in [1.29, 1.82) is 0 Å². The monoisotopic (exact) mass is 837 g/mol. The highest BCUT2D eigenvalue weighted by atomic mass is 16.6. The Morgan fingerprint density at radius 2 is 1.43 bits per heavy atom. The normalized spacial score (nSPS) is 31.6. The number of fused-ring (bicyclic) bond motifs is 5. The summed E-state index contributed by atoms with van der Waals surface area (Å²) < 4.78 is 30.5. The molecule has 3 N–H and O–H groups in total. The van der Waals surface area contributed by atoms with Crippen LogP contribution in [-0.4, -0.2) is 94.1 Å². The zero-order valence-corrected chi connectivity index (χ0v) is 34.9. The first-order valence-corrected chi connectivity index (χ1v) is 20.4. The maximum atomic E-state index is 15.5. The van der Waals surface area contributed by atoms with Crippen LogP contribution in [0.5, 0.6) is 0 Å². The van der Waals surface area contributed by atoms with E-state index in [1.54, 1.807) is 99.6 Å². The van der Waals surface area contributed by atoms with Gasteiger partial charge in [-0.15, -0.1) is 0 Å². The van der Waals surface area contributed by atoms with E-state index in [0.29, 0.717) is 11.1 Å². The molecule has 1 unspecified atom stereocenters. The number of hydrogen-bond donors (Lipinski definition) is 3. The van der Waals surface area contributed by atoms with Crippen LogP contribution in [0, 0.1) is 16.7 Å². The number of esters is 4. The van der Waals surface area contributed by atoms with E-state index in [4.69, 9.17) is 23.7 Å². The Morgan fingerprint density at radius 3 is 1.98 bits per heavy atom. The number of ether oxygens (including phenoxy) is 5. The molecule has 61 heavy (non-hydrogen) atoms. The van der Waals surface area contributed by atoms with Crippen molar-refractivity contribution >= 4 is 35.6 Å². The molecule has 14 nitrogen and oxygen atoms in total. The third-order valence-electron chi connectivity index (χ3n) is 13.4. The van der Waals surface area contributed by atoms with Gasteiger partial charge in [0.1, 0.15) is 23.9 Å². The van der Waals surface area contributed by atoms with Crippen molar-refractivity contribution in [2.75, 3.05) is 6.61 Å². The molecule has 14 heteroatoms. The van der Waals surface area contributed by atoms with Crippen LogP contribution >= 0.6 is 0 Å². The van der Waals surface area contributed by atoms with E-state index < -0.39 is 107 Å². The number of hydrogen-bond acceptors (Lipinski definition) is 13. The van der Waals surface area contributed by atoms with E-state index in [0.717, 1.165) is 6.92 Å². The second-order valence-corrected chi connectivity index (χ2v) is 17.2. The predicted molar refractivity (Wildman–Crippen MR) is 216 cm³/mol. The van der Waals surface area contributed by atoms with Gasteiger partial charge >= 0.3 is 23.9 Å². The third-order valence-corrected chi connectivity index (χ3v) is 13.4. The van der Waals surface area contributed by atoms with Gasteiger partial charge in [-0.05, 0) is 54.8 Å². The number of carbonyl (C=O) groups is 6. The fourth-order valence-electron chi connectivity index (χ4n) is 10.2. The van der Waals surface area contributed by atoms with Crippen LogP contribution in [0.25, 0.3) is 0 Å². The molecule has 0 spiro atoms. The summed E-state index contributed by atoms with van der Waals surface area (Å²) in [5.41, 5.74) is -6.17. The summed E-state index contributed by atoms with van der Waals surface area (Å²) in [7, 11) is 0. The molecule has 1 amide bonds. The molecular formula is C47H51NO13. The van der Waals surface area contributed by atoms with Gasteiger partial charge in [0.2, 0.25) is 0 Å². The number of benzene rings is 3. The van der Waals surface area contributed by atoms with Crippen LogP contribution < -0.4 is 5.32 Å². The van der Waals surface area contributed by atoms with Gasteiger partial charge in [-0.25, -0.2) is 4.79 Å². The van der Waals surface area contributed by atoms with Gasteiger partial charge < -0.3 is 39.2 Å². The molecule has 1 saturated heterocycles. The van der Waals surface area contributed by atoms with Gasteiger partial charge in [-0.1, -0.05) is 80.6 Å². The van der Waals surface area contributed by atoms with Crippen molar-refractivity contribution in [2.24, 2.45) is 16.7 Å². The first-order valence-electron chi connectivity index (χ1n) is 20.4. The van der Waals surface area contributed by atoms with Crippen molar-refractivity contribution < 1.29 is 62.7 Å².